The summed E-state index contributed by atoms with van der Waals surface area (Å²) in [7, 11) is 0. The molecule has 0 amide bonds. The minimum absolute atomic E-state index is 0.0500. The summed E-state index contributed by atoms with van der Waals surface area (Å²) in [6.45, 7) is -0.166. The minimum Gasteiger partial charge on any atom is -0.505 e. The average molecular weight is 114 g/mol. The fourth-order valence-corrected chi connectivity index (χ4v) is 0.452. The quantitative estimate of drug-likeness (QED) is 0.558. The highest BCUT2D eigenvalue weighted by atomic mass is 16.4. The second-order valence-corrected chi connectivity index (χ2v) is 1.43. The summed E-state index contributed by atoms with van der Waals surface area (Å²) < 4.78 is 4.61. The van der Waals surface area contributed by atoms with Crippen LogP contribution in [-0.4, -0.2) is 10.2 Å². The second kappa shape index (κ2) is 1.88. The summed E-state index contributed by atoms with van der Waals surface area (Å²) in [5.74, 6) is 0.427. The molecule has 0 aliphatic carbocycles. The van der Waals surface area contributed by atoms with E-state index in [0.717, 1.165) is 0 Å². The molecular weight excluding hydrogens is 108 g/mol. The van der Waals surface area contributed by atoms with Crippen molar-refractivity contribution in [2.75, 3.05) is 0 Å². The first-order valence-electron chi connectivity index (χ1n) is 2.20. The van der Waals surface area contributed by atoms with E-state index in [1.165, 1.54) is 12.3 Å². The molecule has 3 heteroatoms. The lowest BCUT2D eigenvalue weighted by atomic mass is 10.5. The number of hydrogen-bond donors (Lipinski definition) is 2. The van der Waals surface area contributed by atoms with Crippen molar-refractivity contribution in [3.8, 4) is 5.75 Å². The average Bonchev–Trinajstić information content (AvgIpc) is 2.14. The van der Waals surface area contributed by atoms with Gasteiger partial charge in [-0.2, -0.15) is 0 Å². The molecule has 0 fully saturated rings. The summed E-state index contributed by atoms with van der Waals surface area (Å²) in [6.07, 6.45) is 1.17. The predicted octanol–water partition coefficient (Wildman–Crippen LogP) is 0.478. The first-order chi connectivity index (χ1) is 3.83. The molecule has 0 aliphatic rings. The Hall–Kier alpha value is -0.960. The van der Waals surface area contributed by atoms with E-state index in [1.807, 2.05) is 0 Å². The molecule has 0 saturated carbocycles. The molecule has 0 aliphatic heterocycles. The van der Waals surface area contributed by atoms with Crippen molar-refractivity contribution < 1.29 is 14.6 Å². The third kappa shape index (κ3) is 0.816. The zero-order valence-corrected chi connectivity index (χ0v) is 4.16. The molecule has 8 heavy (non-hydrogen) atoms. The van der Waals surface area contributed by atoms with Gasteiger partial charge in [-0.05, 0) is 0 Å². The maximum atomic E-state index is 8.58. The molecule has 3 nitrogen and oxygen atoms in total. The van der Waals surface area contributed by atoms with Crippen LogP contribution in [0, 0.1) is 0 Å². The van der Waals surface area contributed by atoms with Gasteiger partial charge in [-0.3, -0.25) is 0 Å². The summed E-state index contributed by atoms with van der Waals surface area (Å²) >= 11 is 0. The number of aromatic hydroxyl groups is 1. The van der Waals surface area contributed by atoms with Crippen molar-refractivity contribution in [1.82, 2.24) is 0 Å². The van der Waals surface area contributed by atoms with Crippen molar-refractivity contribution in [1.29, 1.82) is 0 Å². The Morgan fingerprint density at radius 3 is 2.62 bits per heavy atom. The molecule has 0 aromatic carbocycles. The van der Waals surface area contributed by atoms with E-state index in [9.17, 15) is 0 Å². The van der Waals surface area contributed by atoms with Crippen LogP contribution in [0.2, 0.25) is 0 Å². The fourth-order valence-electron chi connectivity index (χ4n) is 0.452. The molecule has 1 rings (SSSR count). The third-order valence-electron chi connectivity index (χ3n) is 0.796. The molecule has 0 unspecified atom stereocenters. The number of hydrogen-bond acceptors (Lipinski definition) is 3. The first kappa shape index (κ1) is 5.18. The lowest BCUT2D eigenvalue weighted by molar-refractivity contribution is 0.247. The normalized spacial score (nSPS) is 9.62. The van der Waals surface area contributed by atoms with Crippen LogP contribution in [0.3, 0.4) is 0 Å². The molecule has 2 N–H and O–H groups in total. The Morgan fingerprint density at radius 1 is 1.62 bits per heavy atom. The topological polar surface area (TPSA) is 53.6 Å². The number of rotatable bonds is 1. The Balaban J connectivity index is 2.84. The smallest absolute Gasteiger partial charge is 0.154 e. The third-order valence-corrected chi connectivity index (χ3v) is 0.796. The highest BCUT2D eigenvalue weighted by Crippen LogP contribution is 2.12. The molecule has 1 heterocycles. The lowest BCUT2D eigenvalue weighted by Crippen LogP contribution is -1.72. The highest BCUT2D eigenvalue weighted by Gasteiger charge is 1.94. The predicted molar refractivity (Wildman–Crippen MR) is 26.3 cm³/mol. The number of furan rings is 1. The minimum atomic E-state index is -0.166. The van der Waals surface area contributed by atoms with Crippen molar-refractivity contribution in [2.45, 2.75) is 6.61 Å². The second-order valence-electron chi connectivity index (χ2n) is 1.43. The highest BCUT2D eigenvalue weighted by molar-refractivity contribution is 5.16. The maximum absolute atomic E-state index is 8.58. The van der Waals surface area contributed by atoms with Crippen LogP contribution in [-0.2, 0) is 6.61 Å². The van der Waals surface area contributed by atoms with Gasteiger partial charge in [0.1, 0.15) is 18.6 Å². The maximum Gasteiger partial charge on any atom is 0.154 e. The van der Waals surface area contributed by atoms with E-state index >= 15 is 0 Å². The number of aliphatic hydroxyl groups excluding tert-OH is 1. The van der Waals surface area contributed by atoms with Gasteiger partial charge in [0, 0.05) is 6.07 Å². The lowest BCUT2D eigenvalue weighted by Gasteiger charge is -1.79. The Morgan fingerprint density at radius 2 is 2.38 bits per heavy atom. The molecule has 1 aromatic heterocycles. The summed E-state index contributed by atoms with van der Waals surface area (Å²) in [5.41, 5.74) is 0. The first-order valence-corrected chi connectivity index (χ1v) is 2.20. The van der Waals surface area contributed by atoms with E-state index in [1.54, 1.807) is 0 Å². The monoisotopic (exact) mass is 114 g/mol. The van der Waals surface area contributed by atoms with Gasteiger partial charge >= 0.3 is 0 Å². The van der Waals surface area contributed by atoms with E-state index in [0.29, 0.717) is 5.76 Å². The Kier molecular flexibility index (Phi) is 1.22. The summed E-state index contributed by atoms with van der Waals surface area (Å²) in [5, 5.41) is 16.9. The van der Waals surface area contributed by atoms with Crippen LogP contribution in [0.4, 0.5) is 0 Å². The van der Waals surface area contributed by atoms with Crippen molar-refractivity contribution in [2.24, 2.45) is 0 Å². The van der Waals surface area contributed by atoms with Crippen LogP contribution in [0.1, 0.15) is 5.76 Å². The molecule has 0 saturated heterocycles. The Labute approximate surface area is 46.2 Å². The molecular formula is C5H6O3. The van der Waals surface area contributed by atoms with E-state index in [-0.39, 0.29) is 12.4 Å². The van der Waals surface area contributed by atoms with Gasteiger partial charge in [0.15, 0.2) is 5.75 Å². The molecule has 0 radical (unpaired) electrons. The van der Waals surface area contributed by atoms with E-state index in [2.05, 4.69) is 4.42 Å². The van der Waals surface area contributed by atoms with Crippen molar-refractivity contribution in [3.63, 3.8) is 0 Å². The zero-order chi connectivity index (χ0) is 5.98. The van der Waals surface area contributed by atoms with Crippen LogP contribution in [0.25, 0.3) is 0 Å². The van der Waals surface area contributed by atoms with Crippen LogP contribution in [0.5, 0.6) is 5.75 Å². The van der Waals surface area contributed by atoms with Gasteiger partial charge in [-0.1, -0.05) is 0 Å². The van der Waals surface area contributed by atoms with Gasteiger partial charge in [0.2, 0.25) is 0 Å². The molecule has 44 valence electrons. The summed E-state index contributed by atoms with van der Waals surface area (Å²) in [6, 6.07) is 1.36. The van der Waals surface area contributed by atoms with E-state index < -0.39 is 0 Å². The van der Waals surface area contributed by atoms with Crippen molar-refractivity contribution in [3.05, 3.63) is 18.1 Å². The molecule has 0 bridgehead atoms. The SMILES string of the molecule is OCc1cc(O)co1. The van der Waals surface area contributed by atoms with Gasteiger partial charge in [-0.25, -0.2) is 0 Å². The number of aliphatic hydroxyl groups is 1. The largest absolute Gasteiger partial charge is 0.505 e. The summed E-state index contributed by atoms with van der Waals surface area (Å²) in [4.78, 5) is 0. The van der Waals surface area contributed by atoms with Gasteiger partial charge in [0.05, 0.1) is 0 Å². The fraction of sp³-hybridized carbons (Fsp3) is 0.200. The molecule has 0 atom stereocenters. The van der Waals surface area contributed by atoms with Gasteiger partial charge in [0.25, 0.3) is 0 Å². The Bertz CT molecular complexity index is 168. The van der Waals surface area contributed by atoms with Gasteiger partial charge < -0.3 is 14.6 Å². The van der Waals surface area contributed by atoms with E-state index in [4.69, 9.17) is 10.2 Å². The molecule has 0 spiro atoms. The van der Waals surface area contributed by atoms with Crippen LogP contribution >= 0.6 is 0 Å². The van der Waals surface area contributed by atoms with Crippen molar-refractivity contribution >= 4 is 0 Å². The van der Waals surface area contributed by atoms with Crippen LogP contribution in [0.15, 0.2) is 16.7 Å². The standard InChI is InChI=1S/C5H6O3/c6-2-5-1-4(7)3-8-5/h1,3,6-7H,2H2. The van der Waals surface area contributed by atoms with Crippen LogP contribution < -0.4 is 0 Å². The zero-order valence-electron chi connectivity index (χ0n) is 4.16. The van der Waals surface area contributed by atoms with Gasteiger partial charge in [-0.15, -0.1) is 0 Å². The molecule has 1 aromatic rings.